The summed E-state index contributed by atoms with van der Waals surface area (Å²) in [4.78, 5) is 7.64. The molecule has 1 N–H and O–H groups in total. The molecule has 0 spiro atoms. The van der Waals surface area contributed by atoms with Crippen LogP contribution in [0.3, 0.4) is 0 Å². The van der Waals surface area contributed by atoms with Gasteiger partial charge in [-0.2, -0.15) is 9.23 Å². The normalized spacial score (nSPS) is 16.6. The first-order chi connectivity index (χ1) is 3.56. The third kappa shape index (κ3) is 5.92. The average Bonchev–Trinajstić information content (AvgIpc) is 1.59. The Balaban J connectivity index is 3.45. The van der Waals surface area contributed by atoms with Gasteiger partial charge in [0.05, 0.1) is 0 Å². The summed E-state index contributed by atoms with van der Waals surface area (Å²) < 4.78 is 24.1. The van der Waals surface area contributed by atoms with Gasteiger partial charge in [-0.25, -0.2) is 4.57 Å². The zero-order valence-corrected chi connectivity index (χ0v) is 5.16. The van der Waals surface area contributed by atoms with Crippen molar-refractivity contribution >= 4 is 19.9 Å². The van der Waals surface area contributed by atoms with Crippen LogP contribution in [-0.4, -0.2) is 4.89 Å². The lowest BCUT2D eigenvalue weighted by Gasteiger charge is -1.91. The minimum atomic E-state index is -4.94. The van der Waals surface area contributed by atoms with Crippen LogP contribution in [0.1, 0.15) is 0 Å². The van der Waals surface area contributed by atoms with Crippen molar-refractivity contribution in [3.05, 3.63) is 0 Å². The highest BCUT2D eigenvalue weighted by molar-refractivity contribution is 8.02. The molecule has 0 aliphatic heterocycles. The first-order valence-corrected chi connectivity index (χ1v) is 3.54. The molecule has 0 radical (unpaired) electrons. The quantitative estimate of drug-likeness (QED) is 0.370. The van der Waals surface area contributed by atoms with Gasteiger partial charge in [-0.05, 0) is 0 Å². The second-order valence-corrected chi connectivity index (χ2v) is 2.55. The lowest BCUT2D eigenvalue weighted by atomic mass is 11.8. The van der Waals surface area contributed by atoms with Crippen LogP contribution in [0, 0.1) is 10.7 Å². The highest BCUT2D eigenvalue weighted by atomic mass is 32.2. The van der Waals surface area contributed by atoms with E-state index in [0.29, 0.717) is 0 Å². The minimum absolute atomic E-state index is 0.0675. The van der Waals surface area contributed by atoms with Crippen LogP contribution in [-0.2, 0) is 8.54 Å². The number of rotatable bonds is 2. The summed E-state index contributed by atoms with van der Waals surface area (Å²) in [6.07, 6.45) is 0. The van der Waals surface area contributed by atoms with Gasteiger partial charge in [-0.1, -0.05) is 0 Å². The van der Waals surface area contributed by atoms with Gasteiger partial charge in [0.2, 0.25) is 0 Å². The van der Waals surface area contributed by atoms with Crippen molar-refractivity contribution in [2.24, 2.45) is 0 Å². The number of hydrogen-bond donors (Lipinski definition) is 1. The fourth-order valence-corrected chi connectivity index (χ4v) is 0.564. The van der Waals surface area contributed by atoms with E-state index < -0.39 is 7.91 Å². The molecule has 0 aliphatic rings. The van der Waals surface area contributed by atoms with Crippen molar-refractivity contribution in [2.75, 3.05) is 0 Å². The van der Waals surface area contributed by atoms with Crippen molar-refractivity contribution in [2.45, 2.75) is 0 Å². The maximum Gasteiger partial charge on any atom is 0.522 e. The van der Waals surface area contributed by atoms with Gasteiger partial charge in [0.1, 0.15) is 12.0 Å². The predicted octanol–water partition coefficient (Wildman–Crippen LogP) is 1.20. The van der Waals surface area contributed by atoms with Gasteiger partial charge >= 0.3 is 7.91 Å². The van der Waals surface area contributed by atoms with E-state index in [1.807, 2.05) is 0 Å². The summed E-state index contributed by atoms with van der Waals surface area (Å²) in [5.74, 6) is 0. The van der Waals surface area contributed by atoms with E-state index in [2.05, 4.69) is 3.97 Å². The van der Waals surface area contributed by atoms with E-state index in [-0.39, 0.29) is 12.0 Å². The Kier molecular flexibility index (Phi) is 3.02. The van der Waals surface area contributed by atoms with Crippen LogP contribution >= 0.6 is 19.9 Å². The molecule has 0 saturated heterocycles. The molecule has 0 amide bonds. The molecule has 1 unspecified atom stereocenters. The lowest BCUT2D eigenvalue weighted by molar-refractivity contribution is 0.350. The second-order valence-electron chi connectivity index (χ2n) is 0.701. The smallest absolute Gasteiger partial charge is 0.299 e. The summed E-state index contributed by atoms with van der Waals surface area (Å²) in [5, 5.41) is 8.87. The summed E-state index contributed by atoms with van der Waals surface area (Å²) in [5.41, 5.74) is 0. The van der Waals surface area contributed by atoms with E-state index in [4.69, 9.17) is 10.2 Å². The Morgan fingerprint density at radius 2 is 2.50 bits per heavy atom. The molecule has 0 fully saturated rings. The maximum atomic E-state index is 11.3. The van der Waals surface area contributed by atoms with Crippen molar-refractivity contribution in [1.82, 2.24) is 0 Å². The van der Waals surface area contributed by atoms with Crippen molar-refractivity contribution in [3.63, 3.8) is 0 Å². The van der Waals surface area contributed by atoms with E-state index in [1.54, 1.807) is 0 Å². The zero-order chi connectivity index (χ0) is 6.62. The Labute approximate surface area is 49.1 Å². The third-order valence-electron chi connectivity index (χ3n) is 0.166. The molecule has 0 aromatic carbocycles. The minimum Gasteiger partial charge on any atom is -0.299 e. The maximum absolute atomic E-state index is 11.3. The highest BCUT2D eigenvalue weighted by Gasteiger charge is 2.17. The van der Waals surface area contributed by atoms with Crippen LogP contribution in [0.2, 0.25) is 0 Å². The second kappa shape index (κ2) is 3.05. The number of hydrogen-bond acceptors (Lipinski definition) is 4. The van der Waals surface area contributed by atoms with Gasteiger partial charge in [0.25, 0.3) is 0 Å². The van der Waals surface area contributed by atoms with E-state index in [0.717, 1.165) is 0 Å². The lowest BCUT2D eigenvalue weighted by Crippen LogP contribution is -1.67. The van der Waals surface area contributed by atoms with Gasteiger partial charge in [-0.3, -0.25) is 4.89 Å². The molecule has 0 aromatic rings. The van der Waals surface area contributed by atoms with Gasteiger partial charge in [0.15, 0.2) is 5.40 Å². The predicted molar refractivity (Wildman–Crippen MR) is 25.2 cm³/mol. The average molecular weight is 157 g/mol. The molecule has 8 heavy (non-hydrogen) atoms. The number of nitrogens with zero attached hydrogens (tertiary/aromatic N) is 1. The Morgan fingerprint density at radius 1 is 2.00 bits per heavy atom. The monoisotopic (exact) mass is 157 g/mol. The Morgan fingerprint density at radius 3 is 2.62 bits per heavy atom. The molecule has 4 nitrogen and oxygen atoms in total. The molecule has 46 valence electrons. The van der Waals surface area contributed by atoms with Crippen LogP contribution in [0.25, 0.3) is 0 Å². The Hall–Kier alpha value is -0.0800. The van der Waals surface area contributed by atoms with E-state index in [1.165, 1.54) is 5.40 Å². The standard InChI is InChI=1S/CHFNO3PS/c2-7(4,5)6-8-1-3/h(H,4,5). The molecule has 0 aromatic heterocycles. The largest absolute Gasteiger partial charge is 0.522 e. The van der Waals surface area contributed by atoms with Crippen molar-refractivity contribution in [3.8, 4) is 5.40 Å². The third-order valence-corrected chi connectivity index (χ3v) is 1.27. The van der Waals surface area contributed by atoms with Crippen LogP contribution in [0.4, 0.5) is 4.20 Å². The van der Waals surface area contributed by atoms with Crippen LogP contribution in [0.5, 0.6) is 0 Å². The first kappa shape index (κ1) is 7.92. The summed E-state index contributed by atoms with van der Waals surface area (Å²) >= 11 is -0.0675. The fraction of sp³-hybridized carbons (Fsp3) is 0. The molecule has 0 saturated carbocycles. The fourth-order valence-electron chi connectivity index (χ4n) is 0.0626. The van der Waals surface area contributed by atoms with Gasteiger partial charge in [0, 0.05) is 0 Å². The van der Waals surface area contributed by atoms with Gasteiger partial charge < -0.3 is 0 Å². The van der Waals surface area contributed by atoms with Crippen LogP contribution < -0.4 is 0 Å². The number of nitriles is 1. The molecule has 1 atom stereocenters. The van der Waals surface area contributed by atoms with Crippen LogP contribution in [0.15, 0.2) is 0 Å². The Bertz CT molecular complexity index is 148. The van der Waals surface area contributed by atoms with Gasteiger partial charge in [-0.15, -0.1) is 4.20 Å². The molecule has 0 aliphatic carbocycles. The van der Waals surface area contributed by atoms with Crippen molar-refractivity contribution in [1.29, 1.82) is 5.26 Å². The summed E-state index contributed by atoms with van der Waals surface area (Å²) in [7, 11) is -4.94. The SMILES string of the molecule is N#CSOP(=O)(O)F. The first-order valence-electron chi connectivity index (χ1n) is 1.33. The molecular weight excluding hydrogens is 156 g/mol. The van der Waals surface area contributed by atoms with E-state index in [9.17, 15) is 8.76 Å². The summed E-state index contributed by atoms with van der Waals surface area (Å²) in [6.45, 7) is 0. The summed E-state index contributed by atoms with van der Waals surface area (Å²) in [6, 6.07) is 0. The number of halogens is 1. The molecule has 0 heterocycles. The highest BCUT2D eigenvalue weighted by Crippen LogP contribution is 2.46. The molecular formula is CHFNO3PS. The molecule has 0 rings (SSSR count). The molecule has 7 heteroatoms. The van der Waals surface area contributed by atoms with E-state index >= 15 is 0 Å². The van der Waals surface area contributed by atoms with Crippen molar-refractivity contribution < 1.29 is 17.6 Å². The number of thiocyanates is 1. The molecule has 0 bridgehead atoms. The zero-order valence-electron chi connectivity index (χ0n) is 3.44. The topological polar surface area (TPSA) is 70.3 Å².